The van der Waals surface area contributed by atoms with Crippen molar-refractivity contribution in [3.63, 3.8) is 0 Å². The summed E-state index contributed by atoms with van der Waals surface area (Å²) in [5, 5.41) is 11.6. The van der Waals surface area contributed by atoms with Gasteiger partial charge in [-0.3, -0.25) is 24.1 Å². The van der Waals surface area contributed by atoms with Crippen LogP contribution in [0, 0.1) is 17.0 Å². The van der Waals surface area contributed by atoms with Gasteiger partial charge in [-0.25, -0.2) is 9.78 Å². The Morgan fingerprint density at radius 1 is 1.14 bits per heavy atom. The number of hydrogen-bond acceptors (Lipinski definition) is 7. The lowest BCUT2D eigenvalue weighted by Crippen LogP contribution is -2.33. The van der Waals surface area contributed by atoms with Crippen LogP contribution in [-0.2, 0) is 11.3 Å². The molecular weight excluding hydrogens is 478 g/mol. The van der Waals surface area contributed by atoms with E-state index >= 15 is 0 Å². The van der Waals surface area contributed by atoms with Crippen molar-refractivity contribution in [1.82, 2.24) is 14.0 Å². The van der Waals surface area contributed by atoms with E-state index in [4.69, 9.17) is 4.74 Å². The summed E-state index contributed by atoms with van der Waals surface area (Å²) in [7, 11) is 0. The third kappa shape index (κ3) is 4.75. The number of fused-ring (bicyclic) bond motifs is 2. The Morgan fingerprint density at radius 2 is 1.92 bits per heavy atom. The van der Waals surface area contributed by atoms with Gasteiger partial charge in [0.25, 0.3) is 17.2 Å². The molecule has 0 atom stereocenters. The van der Waals surface area contributed by atoms with Gasteiger partial charge in [-0.05, 0) is 44.5 Å². The molecule has 0 aliphatic rings. The van der Waals surface area contributed by atoms with E-state index in [0.717, 1.165) is 6.42 Å². The van der Waals surface area contributed by atoms with E-state index in [2.05, 4.69) is 9.98 Å². The molecule has 190 valence electrons. The van der Waals surface area contributed by atoms with Gasteiger partial charge in [0.1, 0.15) is 16.9 Å². The lowest BCUT2D eigenvalue weighted by atomic mass is 10.1. The number of aromatic nitrogens is 3. The molecule has 0 unspecified atom stereocenters. The summed E-state index contributed by atoms with van der Waals surface area (Å²) in [4.78, 5) is 59.4. The van der Waals surface area contributed by atoms with Crippen LogP contribution in [0.1, 0.15) is 53.0 Å². The number of carbonyl (C=O) groups excluding carboxylic acids is 2. The molecule has 37 heavy (non-hydrogen) atoms. The van der Waals surface area contributed by atoms with Crippen LogP contribution in [0.15, 0.2) is 58.4 Å². The van der Waals surface area contributed by atoms with Crippen molar-refractivity contribution in [2.45, 2.75) is 40.2 Å². The first-order valence-corrected chi connectivity index (χ1v) is 11.8. The van der Waals surface area contributed by atoms with E-state index in [1.165, 1.54) is 35.6 Å². The van der Waals surface area contributed by atoms with Gasteiger partial charge in [0.05, 0.1) is 22.5 Å². The maximum absolute atomic E-state index is 13.3. The van der Waals surface area contributed by atoms with Crippen LogP contribution >= 0.6 is 0 Å². The number of aryl methyl sites for hydroxylation is 1. The van der Waals surface area contributed by atoms with Gasteiger partial charge in [-0.2, -0.15) is 4.99 Å². The molecule has 3 aromatic heterocycles. The molecule has 0 aliphatic heterocycles. The average Bonchev–Trinajstić information content (AvgIpc) is 2.88. The van der Waals surface area contributed by atoms with Gasteiger partial charge >= 0.3 is 5.97 Å². The molecule has 3 heterocycles. The Morgan fingerprint density at radius 3 is 2.62 bits per heavy atom. The van der Waals surface area contributed by atoms with E-state index in [9.17, 15) is 24.5 Å². The normalized spacial score (nSPS) is 11.7. The second kappa shape index (κ2) is 10.5. The van der Waals surface area contributed by atoms with Crippen molar-refractivity contribution in [3.8, 4) is 0 Å². The van der Waals surface area contributed by atoms with Gasteiger partial charge in [-0.15, -0.1) is 0 Å². The molecule has 0 spiro atoms. The van der Waals surface area contributed by atoms with Crippen molar-refractivity contribution in [3.05, 3.63) is 91.3 Å². The van der Waals surface area contributed by atoms with E-state index in [1.54, 1.807) is 35.9 Å². The quantitative estimate of drug-likeness (QED) is 0.163. The Kier molecular flexibility index (Phi) is 7.23. The lowest BCUT2D eigenvalue weighted by Gasteiger charge is -2.15. The van der Waals surface area contributed by atoms with E-state index in [1.807, 2.05) is 6.92 Å². The number of unbranched alkanes of at least 4 members (excludes halogenated alkanes) is 1. The molecule has 0 bridgehead atoms. The highest BCUT2D eigenvalue weighted by Gasteiger charge is 2.22. The zero-order valence-corrected chi connectivity index (χ0v) is 20.6. The number of ether oxygens (including phenoxy) is 1. The fourth-order valence-electron chi connectivity index (χ4n) is 4.09. The summed E-state index contributed by atoms with van der Waals surface area (Å²) in [6, 6.07) is 10.6. The molecule has 0 saturated carbocycles. The summed E-state index contributed by atoms with van der Waals surface area (Å²) >= 11 is 0. The van der Waals surface area contributed by atoms with Gasteiger partial charge in [0, 0.05) is 24.4 Å². The molecule has 0 N–H and O–H groups in total. The standard InChI is InChI=1S/C26H25N5O6/c1-4-6-13-30-22-18(25(33)29-14-8-7-12-21(29)27-22)15-19(26(34)37-5-2)23(30)28-24(32)17-10-9-11-20(16(17)3)31(35)36/h7-12,14-15H,4-6,13H2,1-3H3. The molecule has 11 heteroatoms. The lowest BCUT2D eigenvalue weighted by molar-refractivity contribution is -0.385. The highest BCUT2D eigenvalue weighted by molar-refractivity contribution is 5.98. The van der Waals surface area contributed by atoms with Crippen LogP contribution in [0.5, 0.6) is 0 Å². The maximum atomic E-state index is 13.3. The molecule has 0 aliphatic carbocycles. The second-order valence-electron chi connectivity index (χ2n) is 8.31. The van der Waals surface area contributed by atoms with Crippen molar-refractivity contribution in [2.24, 2.45) is 4.99 Å². The maximum Gasteiger partial charge on any atom is 0.341 e. The number of nitrogens with zero attached hydrogens (tertiary/aromatic N) is 5. The topological polar surface area (TPSA) is 138 Å². The minimum atomic E-state index is -0.770. The van der Waals surface area contributed by atoms with Crippen LogP contribution in [0.25, 0.3) is 16.7 Å². The number of hydrogen-bond donors (Lipinski definition) is 0. The van der Waals surface area contributed by atoms with Gasteiger partial charge < -0.3 is 9.30 Å². The molecule has 0 saturated heterocycles. The Labute approximate surface area is 210 Å². The molecule has 4 rings (SSSR count). The van der Waals surface area contributed by atoms with Crippen molar-refractivity contribution < 1.29 is 19.2 Å². The van der Waals surface area contributed by atoms with Gasteiger partial charge in [-0.1, -0.05) is 25.5 Å². The number of nitro groups is 1. The van der Waals surface area contributed by atoms with Gasteiger partial charge in [0.15, 0.2) is 5.49 Å². The summed E-state index contributed by atoms with van der Waals surface area (Å²) in [6.45, 7) is 5.47. The SMILES string of the molecule is CCCCn1c(=NC(=O)c2cccc([N+](=O)[O-])c2C)c(C(=O)OCC)cc2c(=O)n3ccccc3nc21. The highest BCUT2D eigenvalue weighted by atomic mass is 16.6. The third-order valence-electron chi connectivity index (χ3n) is 5.96. The minimum Gasteiger partial charge on any atom is -0.462 e. The first kappa shape index (κ1) is 25.4. The zero-order chi connectivity index (χ0) is 26.7. The number of rotatable bonds is 7. The second-order valence-corrected chi connectivity index (χ2v) is 8.31. The molecule has 1 amide bonds. The van der Waals surface area contributed by atoms with E-state index in [-0.39, 0.29) is 51.1 Å². The van der Waals surface area contributed by atoms with Crippen LogP contribution in [-0.4, -0.2) is 37.4 Å². The van der Waals surface area contributed by atoms with Crippen molar-refractivity contribution >= 4 is 34.2 Å². The number of pyridine rings is 2. The third-order valence-corrected chi connectivity index (χ3v) is 5.96. The van der Waals surface area contributed by atoms with Crippen LogP contribution in [0.4, 0.5) is 5.69 Å². The number of amides is 1. The van der Waals surface area contributed by atoms with Crippen molar-refractivity contribution in [2.75, 3.05) is 6.61 Å². The predicted octanol–water partition coefficient (Wildman–Crippen LogP) is 3.58. The summed E-state index contributed by atoms with van der Waals surface area (Å²) < 4.78 is 8.17. The summed E-state index contributed by atoms with van der Waals surface area (Å²) in [5.74, 6) is -1.52. The Hall–Kier alpha value is -4.67. The van der Waals surface area contributed by atoms with E-state index < -0.39 is 16.8 Å². The largest absolute Gasteiger partial charge is 0.462 e. The number of benzene rings is 1. The van der Waals surface area contributed by atoms with Crippen molar-refractivity contribution in [1.29, 1.82) is 0 Å². The molecule has 4 aromatic rings. The molecule has 1 aromatic carbocycles. The van der Waals surface area contributed by atoms with E-state index in [0.29, 0.717) is 18.6 Å². The molecule has 0 radical (unpaired) electrons. The fourth-order valence-corrected chi connectivity index (χ4v) is 4.09. The average molecular weight is 504 g/mol. The number of carbonyl (C=O) groups is 2. The summed E-state index contributed by atoms with van der Waals surface area (Å²) in [6.07, 6.45) is 3.01. The van der Waals surface area contributed by atoms with Gasteiger partial charge in [0.2, 0.25) is 0 Å². The molecular formula is C26H25N5O6. The Balaban J connectivity index is 2.11. The predicted molar refractivity (Wildman–Crippen MR) is 136 cm³/mol. The first-order valence-electron chi connectivity index (χ1n) is 11.8. The number of nitro benzene ring substituents is 1. The summed E-state index contributed by atoms with van der Waals surface area (Å²) in [5.41, 5.74) is 0.133. The fraction of sp³-hybridized carbons (Fsp3) is 0.269. The smallest absolute Gasteiger partial charge is 0.341 e. The monoisotopic (exact) mass is 503 g/mol. The Bertz CT molecular complexity index is 1690. The zero-order valence-electron chi connectivity index (χ0n) is 20.6. The number of esters is 1. The molecule has 11 nitrogen and oxygen atoms in total. The molecule has 0 fully saturated rings. The van der Waals surface area contributed by atoms with Crippen LogP contribution in [0.3, 0.4) is 0 Å². The minimum absolute atomic E-state index is 0.0255. The van der Waals surface area contributed by atoms with Crippen LogP contribution in [0.2, 0.25) is 0 Å². The van der Waals surface area contributed by atoms with Crippen LogP contribution < -0.4 is 11.0 Å². The highest BCUT2D eigenvalue weighted by Crippen LogP contribution is 2.22. The first-order chi connectivity index (χ1) is 17.8.